The molecule has 8 saturated carbocycles. The van der Waals surface area contributed by atoms with Gasteiger partial charge < -0.3 is 54.0 Å². The van der Waals surface area contributed by atoms with E-state index in [1.165, 1.54) is 128 Å². The normalized spacial score (nSPS) is 39.1. The van der Waals surface area contributed by atoms with Gasteiger partial charge in [0.1, 0.15) is 0 Å². The van der Waals surface area contributed by atoms with Crippen molar-refractivity contribution in [1.82, 2.24) is 0 Å². The van der Waals surface area contributed by atoms with Crippen LogP contribution in [0.15, 0.2) is 52.7 Å². The molecule has 19 atom stereocenters. The topological polar surface area (TPSA) is 0 Å². The summed E-state index contributed by atoms with van der Waals surface area (Å²) in [5, 5.41) is 0. The van der Waals surface area contributed by atoms with Gasteiger partial charge in [0, 0.05) is 0 Å². The first kappa shape index (κ1) is 72.2. The van der Waals surface area contributed by atoms with Crippen molar-refractivity contribution in [3.05, 3.63) is 107 Å². The SMILES string of the molecule is C/C=C1\CC2C=CC1C2.C/C=C1\CC2CC1[C-]=C2CC.C/C=C1\CC2CC1[CH-]C2CC.[CH2-]C.[CH2-]C.[CH2-]C(CC)C1CCC2C(CC)CC([CH2-])C2C1.[CH2-]C(CC)C1CCC2C(CC)CC([CH2-])C2C1.[Zn+2].[Zn+2].[Zn+2].[Zn+2]. The molecule has 0 aliphatic heterocycles. The number of hydrogen-bond acceptors (Lipinski definition) is 0. The Labute approximate surface area is 497 Å². The number of rotatable bonds is 8. The van der Waals surface area contributed by atoms with Crippen LogP contribution >= 0.6 is 0 Å². The second-order valence-corrected chi connectivity index (χ2v) is 23.0. The zero-order chi connectivity index (χ0) is 49.4. The molecule has 0 N–H and O–H groups in total. The van der Waals surface area contributed by atoms with Crippen LogP contribution in [0.25, 0.3) is 0 Å². The van der Waals surface area contributed by atoms with E-state index < -0.39 is 0 Å². The van der Waals surface area contributed by atoms with Crippen LogP contribution in [0.5, 0.6) is 0 Å². The molecule has 0 saturated heterocycles. The molecule has 0 spiro atoms. The first-order valence-corrected chi connectivity index (χ1v) is 29.3. The fourth-order valence-electron chi connectivity index (χ4n) is 15.9. The van der Waals surface area contributed by atoms with Crippen molar-refractivity contribution >= 4 is 0 Å². The molecule has 0 aromatic heterocycles. The number of hydrogen-bond donors (Lipinski definition) is 0. The molecule has 0 aromatic carbocycles. The molecule has 19 unspecified atom stereocenters. The maximum absolute atomic E-state index is 4.42. The first-order chi connectivity index (χ1) is 32.4. The summed E-state index contributed by atoms with van der Waals surface area (Å²) < 4.78 is 0. The third kappa shape index (κ3) is 18.9. The Morgan fingerprint density at radius 2 is 1.08 bits per heavy atom. The molecule has 386 valence electrons. The molecule has 0 radical (unpaired) electrons. The van der Waals surface area contributed by atoms with Gasteiger partial charge in [-0.3, -0.25) is 5.57 Å². The molecule has 0 amide bonds. The average molecular weight is 1180 g/mol. The van der Waals surface area contributed by atoms with Gasteiger partial charge in [0.15, 0.2) is 0 Å². The van der Waals surface area contributed by atoms with Crippen LogP contribution in [0.1, 0.15) is 205 Å². The van der Waals surface area contributed by atoms with Crippen molar-refractivity contribution in [2.24, 2.45) is 112 Å². The standard InChI is InChI=1S/2C16H28.C11H17.C11H15.C9H12.2C2H5.4Zn/c2*1-5-11(3)14-7-8-15-13(6-2)9-12(4)16(15)10-14;2*1-3-8-5-11-7-10(8)6-9(11)4-2;1-2-8-5-7-3-4-9(8)6-7;2*1-2;;;;/h2*11-16H,3-10H2,1-2H3;3,6,9-11H,4-5,7H2,1-2H3;3,10-11H,4-5,7H2,1-2H3;2-4,7,9H,5-6H2,1H3;2*1H2,2H3;;;;/q2*-2;2*-1;;2*-1;4*+2/b;;2*8-3+;8-2+;;;;;;. The van der Waals surface area contributed by atoms with E-state index in [1.807, 2.05) is 0 Å². The minimum atomic E-state index is 0. The van der Waals surface area contributed by atoms with E-state index in [9.17, 15) is 0 Å². The molecule has 0 aromatic rings. The fourth-order valence-corrected chi connectivity index (χ4v) is 15.9. The van der Waals surface area contributed by atoms with Crippen molar-refractivity contribution in [2.45, 2.75) is 205 Å². The van der Waals surface area contributed by atoms with E-state index in [0.717, 1.165) is 94.7 Å². The van der Waals surface area contributed by atoms with Crippen molar-refractivity contribution in [2.75, 3.05) is 0 Å². The zero-order valence-electron chi connectivity index (χ0n) is 49.1. The van der Waals surface area contributed by atoms with Crippen molar-refractivity contribution < 1.29 is 77.9 Å². The van der Waals surface area contributed by atoms with E-state index in [0.29, 0.717) is 17.8 Å². The van der Waals surface area contributed by atoms with Crippen LogP contribution in [0.3, 0.4) is 0 Å². The van der Waals surface area contributed by atoms with Gasteiger partial charge in [0.2, 0.25) is 0 Å². The van der Waals surface area contributed by atoms with Crippen molar-refractivity contribution in [3.63, 3.8) is 0 Å². The Hall–Kier alpha value is 1.19. The summed E-state index contributed by atoms with van der Waals surface area (Å²) in [6.45, 7) is 47.9. The average Bonchev–Trinajstić information content (AvgIpc) is 4.28. The van der Waals surface area contributed by atoms with E-state index in [1.54, 1.807) is 36.1 Å². The minimum Gasteiger partial charge on any atom is -0.490 e. The molecule has 4 heteroatoms. The molecule has 10 aliphatic rings. The van der Waals surface area contributed by atoms with Gasteiger partial charge in [-0.05, 0) is 94.8 Å². The Balaban J connectivity index is 0.000000846. The van der Waals surface area contributed by atoms with E-state index in [-0.39, 0.29) is 77.9 Å². The van der Waals surface area contributed by atoms with Crippen molar-refractivity contribution in [1.29, 1.82) is 0 Å². The molecular formula is C67H110Zn4. The number of allylic oxidation sites excluding steroid dienone is 10. The predicted molar refractivity (Wildman–Crippen MR) is 298 cm³/mol. The van der Waals surface area contributed by atoms with Crippen LogP contribution in [0.4, 0.5) is 0 Å². The van der Waals surface area contributed by atoms with Gasteiger partial charge in [-0.1, -0.05) is 208 Å². The summed E-state index contributed by atoms with van der Waals surface area (Å²) in [4.78, 5) is 0. The number of fused-ring (bicyclic) bond motifs is 8. The van der Waals surface area contributed by atoms with Crippen LogP contribution < -0.4 is 0 Å². The van der Waals surface area contributed by atoms with Gasteiger partial charge in [0.05, 0.1) is 0 Å². The summed E-state index contributed by atoms with van der Waals surface area (Å²) >= 11 is 0. The molecule has 71 heavy (non-hydrogen) atoms. The summed E-state index contributed by atoms with van der Waals surface area (Å²) in [5.41, 5.74) is 6.61. The van der Waals surface area contributed by atoms with Gasteiger partial charge >= 0.3 is 77.9 Å². The third-order valence-electron chi connectivity index (χ3n) is 20.1. The summed E-state index contributed by atoms with van der Waals surface area (Å²) in [7, 11) is 0. The molecule has 8 fully saturated rings. The zero-order valence-corrected chi connectivity index (χ0v) is 61.0. The quantitative estimate of drug-likeness (QED) is 0.129. The van der Waals surface area contributed by atoms with Crippen LogP contribution in [0.2, 0.25) is 0 Å². The summed E-state index contributed by atoms with van der Waals surface area (Å²) in [6.07, 6.45) is 45.4. The Morgan fingerprint density at radius 3 is 1.41 bits per heavy atom. The Morgan fingerprint density at radius 1 is 0.577 bits per heavy atom. The van der Waals surface area contributed by atoms with Crippen LogP contribution in [-0.2, 0) is 77.9 Å². The van der Waals surface area contributed by atoms with Crippen LogP contribution in [-0.4, -0.2) is 0 Å². The Bertz CT molecular complexity index is 1520. The molecule has 10 rings (SSSR count). The van der Waals surface area contributed by atoms with Crippen molar-refractivity contribution in [3.8, 4) is 0 Å². The Kier molecular flexibility index (Phi) is 37.8. The molecular weight excluding hydrogens is 1070 g/mol. The van der Waals surface area contributed by atoms with Gasteiger partial charge in [-0.15, -0.1) is 11.5 Å². The minimum absolute atomic E-state index is 0. The predicted octanol–water partition coefficient (Wildman–Crippen LogP) is 20.0. The van der Waals surface area contributed by atoms with Crippen LogP contribution in [0, 0.1) is 166 Å². The smallest absolute Gasteiger partial charge is 0.490 e. The fraction of sp³-hybridized carbons (Fsp3) is 0.746. The molecule has 0 nitrogen and oxygen atoms in total. The third-order valence-corrected chi connectivity index (χ3v) is 20.1. The molecule has 0 heterocycles. The molecule has 6 bridgehead atoms. The summed E-state index contributed by atoms with van der Waals surface area (Å²) in [6, 6.07) is 0. The van der Waals surface area contributed by atoms with E-state index in [4.69, 9.17) is 0 Å². The largest absolute Gasteiger partial charge is 2.00 e. The first-order valence-electron chi connectivity index (χ1n) is 29.3. The maximum Gasteiger partial charge on any atom is 2.00 e. The second-order valence-electron chi connectivity index (χ2n) is 23.0. The van der Waals surface area contributed by atoms with E-state index in [2.05, 4.69) is 147 Å². The van der Waals surface area contributed by atoms with Gasteiger partial charge in [0.25, 0.3) is 0 Å². The molecule has 10 aliphatic carbocycles. The van der Waals surface area contributed by atoms with Gasteiger partial charge in [-0.25, -0.2) is 0 Å². The van der Waals surface area contributed by atoms with E-state index >= 15 is 0 Å². The second kappa shape index (κ2) is 37.1. The monoisotopic (exact) mass is 1170 g/mol. The maximum atomic E-state index is 4.42. The van der Waals surface area contributed by atoms with Gasteiger partial charge in [-0.2, -0.15) is 49.4 Å². The summed E-state index contributed by atoms with van der Waals surface area (Å²) in [5.74, 6) is 16.6.